The van der Waals surface area contributed by atoms with Gasteiger partial charge in [-0.15, -0.1) is 0 Å². The largest absolute Gasteiger partial charge is 0.494 e. The van der Waals surface area contributed by atoms with Crippen LogP contribution in [0.15, 0.2) is 24.3 Å². The molecule has 0 atom stereocenters. The minimum Gasteiger partial charge on any atom is -0.494 e. The topological polar surface area (TPSA) is 38.3 Å². The molecule has 3 nitrogen and oxygen atoms in total. The van der Waals surface area contributed by atoms with Gasteiger partial charge in [0.2, 0.25) is 0 Å². The molecule has 1 aliphatic carbocycles. The molecule has 0 radical (unpaired) electrons. The SMILES string of the molecule is CNC(=O)c1cccc(OCCCC2CCCC2)c1. The van der Waals surface area contributed by atoms with Gasteiger partial charge in [0.1, 0.15) is 5.75 Å². The molecule has 1 aromatic carbocycles. The van der Waals surface area contributed by atoms with Crippen LogP contribution in [0.5, 0.6) is 5.75 Å². The van der Waals surface area contributed by atoms with Crippen molar-refractivity contribution in [3.8, 4) is 5.75 Å². The first-order valence-corrected chi connectivity index (χ1v) is 7.24. The van der Waals surface area contributed by atoms with Gasteiger partial charge in [-0.05, 0) is 37.0 Å². The van der Waals surface area contributed by atoms with Crippen molar-refractivity contribution in [3.63, 3.8) is 0 Å². The van der Waals surface area contributed by atoms with Crippen LogP contribution in [-0.2, 0) is 0 Å². The summed E-state index contributed by atoms with van der Waals surface area (Å²) in [5.74, 6) is 1.63. The van der Waals surface area contributed by atoms with Crippen molar-refractivity contribution in [3.05, 3.63) is 29.8 Å². The van der Waals surface area contributed by atoms with Crippen LogP contribution in [0.25, 0.3) is 0 Å². The zero-order valence-electron chi connectivity index (χ0n) is 11.7. The zero-order chi connectivity index (χ0) is 13.5. The molecule has 0 spiro atoms. The second-order valence-corrected chi connectivity index (χ2v) is 5.25. The van der Waals surface area contributed by atoms with E-state index in [4.69, 9.17) is 4.74 Å². The molecule has 104 valence electrons. The van der Waals surface area contributed by atoms with E-state index in [2.05, 4.69) is 5.32 Å². The van der Waals surface area contributed by atoms with E-state index in [1.165, 1.54) is 32.1 Å². The van der Waals surface area contributed by atoms with E-state index in [-0.39, 0.29) is 5.91 Å². The van der Waals surface area contributed by atoms with Crippen LogP contribution in [-0.4, -0.2) is 19.6 Å². The molecule has 2 rings (SSSR count). The highest BCUT2D eigenvalue weighted by atomic mass is 16.5. The first kappa shape index (κ1) is 13.9. The summed E-state index contributed by atoms with van der Waals surface area (Å²) in [7, 11) is 1.64. The minimum absolute atomic E-state index is 0.0728. The second kappa shape index (κ2) is 7.17. The number of ether oxygens (including phenoxy) is 1. The van der Waals surface area contributed by atoms with E-state index in [1.54, 1.807) is 19.2 Å². The number of carbonyl (C=O) groups is 1. The third-order valence-electron chi connectivity index (χ3n) is 3.82. The van der Waals surface area contributed by atoms with Crippen LogP contribution in [0.1, 0.15) is 48.9 Å². The van der Waals surface area contributed by atoms with Gasteiger partial charge in [0, 0.05) is 12.6 Å². The Bertz CT molecular complexity index is 411. The third kappa shape index (κ3) is 4.27. The van der Waals surface area contributed by atoms with Gasteiger partial charge < -0.3 is 10.1 Å². The van der Waals surface area contributed by atoms with Crippen LogP contribution < -0.4 is 10.1 Å². The normalized spacial score (nSPS) is 15.4. The van der Waals surface area contributed by atoms with E-state index in [0.717, 1.165) is 24.7 Å². The van der Waals surface area contributed by atoms with Crippen molar-refractivity contribution in [2.75, 3.05) is 13.7 Å². The lowest BCUT2D eigenvalue weighted by molar-refractivity contribution is 0.0962. The van der Waals surface area contributed by atoms with Gasteiger partial charge in [0.25, 0.3) is 5.91 Å². The summed E-state index contributed by atoms with van der Waals surface area (Å²) in [5.41, 5.74) is 0.649. The summed E-state index contributed by atoms with van der Waals surface area (Å²) in [5, 5.41) is 2.62. The number of hydrogen-bond acceptors (Lipinski definition) is 2. The first-order valence-electron chi connectivity index (χ1n) is 7.24. The van der Waals surface area contributed by atoms with E-state index in [9.17, 15) is 4.79 Å². The molecule has 0 bridgehead atoms. The summed E-state index contributed by atoms with van der Waals surface area (Å²) >= 11 is 0. The maximum atomic E-state index is 11.5. The van der Waals surface area contributed by atoms with Gasteiger partial charge in [-0.3, -0.25) is 4.79 Å². The van der Waals surface area contributed by atoms with Crippen LogP contribution in [0.3, 0.4) is 0 Å². The average molecular weight is 261 g/mol. The van der Waals surface area contributed by atoms with Crippen molar-refractivity contribution in [2.45, 2.75) is 38.5 Å². The van der Waals surface area contributed by atoms with Gasteiger partial charge in [-0.25, -0.2) is 0 Å². The average Bonchev–Trinajstić information content (AvgIpc) is 2.96. The standard InChI is InChI=1S/C16H23NO2/c1-17-16(18)14-9-4-10-15(12-14)19-11-5-8-13-6-2-3-7-13/h4,9-10,12-13H,2-3,5-8,11H2,1H3,(H,17,18). The van der Waals surface area contributed by atoms with Crippen LogP contribution in [0, 0.1) is 5.92 Å². The molecule has 1 N–H and O–H groups in total. The van der Waals surface area contributed by atoms with Crippen molar-refractivity contribution in [2.24, 2.45) is 5.92 Å². The molecule has 0 unspecified atom stereocenters. The number of rotatable bonds is 6. The highest BCUT2D eigenvalue weighted by Gasteiger charge is 2.14. The fraction of sp³-hybridized carbons (Fsp3) is 0.562. The predicted molar refractivity (Wildman–Crippen MR) is 76.5 cm³/mol. The summed E-state index contributed by atoms with van der Waals surface area (Å²) < 4.78 is 5.72. The molecule has 1 amide bonds. The molecule has 1 aliphatic rings. The van der Waals surface area contributed by atoms with Gasteiger partial charge in [-0.2, -0.15) is 0 Å². The quantitative estimate of drug-likeness (QED) is 0.797. The molecule has 1 fully saturated rings. The Balaban J connectivity index is 1.74. The highest BCUT2D eigenvalue weighted by molar-refractivity contribution is 5.94. The number of carbonyl (C=O) groups excluding carboxylic acids is 1. The number of hydrogen-bond donors (Lipinski definition) is 1. The Kier molecular flexibility index (Phi) is 5.25. The van der Waals surface area contributed by atoms with Gasteiger partial charge in [0.05, 0.1) is 6.61 Å². The molecular formula is C16H23NO2. The Morgan fingerprint density at radius 3 is 2.89 bits per heavy atom. The molecular weight excluding hydrogens is 238 g/mol. The maximum Gasteiger partial charge on any atom is 0.251 e. The molecule has 1 saturated carbocycles. The van der Waals surface area contributed by atoms with E-state index < -0.39 is 0 Å². The lowest BCUT2D eigenvalue weighted by Gasteiger charge is -2.10. The smallest absolute Gasteiger partial charge is 0.251 e. The monoisotopic (exact) mass is 261 g/mol. The van der Waals surface area contributed by atoms with Gasteiger partial charge in [-0.1, -0.05) is 31.7 Å². The predicted octanol–water partition coefficient (Wildman–Crippen LogP) is 3.40. The fourth-order valence-electron chi connectivity index (χ4n) is 2.73. The van der Waals surface area contributed by atoms with E-state index in [0.29, 0.717) is 5.56 Å². The Morgan fingerprint density at radius 1 is 1.37 bits per heavy atom. The lowest BCUT2D eigenvalue weighted by atomic mass is 10.0. The molecule has 0 saturated heterocycles. The van der Waals surface area contributed by atoms with Crippen LogP contribution in [0.2, 0.25) is 0 Å². The van der Waals surface area contributed by atoms with Gasteiger partial charge in [0.15, 0.2) is 0 Å². The summed E-state index contributed by atoms with van der Waals surface area (Å²) in [6, 6.07) is 7.36. The number of nitrogens with one attached hydrogen (secondary N) is 1. The molecule has 0 aliphatic heterocycles. The first-order chi connectivity index (χ1) is 9.29. The highest BCUT2D eigenvalue weighted by Crippen LogP contribution is 2.28. The summed E-state index contributed by atoms with van der Waals surface area (Å²) in [6.07, 6.45) is 7.97. The second-order valence-electron chi connectivity index (χ2n) is 5.25. The zero-order valence-corrected chi connectivity index (χ0v) is 11.7. The van der Waals surface area contributed by atoms with Crippen molar-refractivity contribution in [1.29, 1.82) is 0 Å². The van der Waals surface area contributed by atoms with Crippen molar-refractivity contribution in [1.82, 2.24) is 5.32 Å². The van der Waals surface area contributed by atoms with E-state index in [1.807, 2.05) is 12.1 Å². The molecule has 0 heterocycles. The Hall–Kier alpha value is -1.51. The molecule has 0 aromatic heterocycles. The number of benzene rings is 1. The Morgan fingerprint density at radius 2 is 2.16 bits per heavy atom. The summed E-state index contributed by atoms with van der Waals surface area (Å²) in [4.78, 5) is 11.5. The fourth-order valence-corrected chi connectivity index (χ4v) is 2.73. The van der Waals surface area contributed by atoms with Crippen molar-refractivity contribution < 1.29 is 9.53 Å². The minimum atomic E-state index is -0.0728. The molecule has 1 aromatic rings. The number of amides is 1. The molecule has 3 heteroatoms. The maximum absolute atomic E-state index is 11.5. The van der Waals surface area contributed by atoms with Crippen LogP contribution >= 0.6 is 0 Å². The lowest BCUT2D eigenvalue weighted by Crippen LogP contribution is -2.17. The molecule has 19 heavy (non-hydrogen) atoms. The van der Waals surface area contributed by atoms with Crippen LogP contribution in [0.4, 0.5) is 0 Å². The van der Waals surface area contributed by atoms with Crippen molar-refractivity contribution >= 4 is 5.91 Å². The summed E-state index contributed by atoms with van der Waals surface area (Å²) in [6.45, 7) is 0.744. The van der Waals surface area contributed by atoms with Gasteiger partial charge >= 0.3 is 0 Å². The third-order valence-corrected chi connectivity index (χ3v) is 3.82. The Labute approximate surface area is 115 Å². The van der Waals surface area contributed by atoms with E-state index >= 15 is 0 Å².